The zero-order chi connectivity index (χ0) is 19.1. The zero-order valence-corrected chi connectivity index (χ0v) is 16.4. The van der Waals surface area contributed by atoms with E-state index < -0.39 is 0 Å². The monoisotopic (exact) mass is 379 g/mol. The molecule has 2 heterocycles. The van der Waals surface area contributed by atoms with Gasteiger partial charge in [-0.2, -0.15) is 5.10 Å². The van der Waals surface area contributed by atoms with Crippen LogP contribution in [0, 0.1) is 0 Å². The number of amides is 1. The van der Waals surface area contributed by atoms with Gasteiger partial charge in [-0.25, -0.2) is 0 Å². The number of hydrogen-bond donors (Lipinski definition) is 1. The lowest BCUT2D eigenvalue weighted by Crippen LogP contribution is -2.35. The Kier molecular flexibility index (Phi) is 4.52. The molecule has 1 atom stereocenters. The third-order valence-corrected chi connectivity index (χ3v) is 5.43. The van der Waals surface area contributed by atoms with E-state index in [1.165, 1.54) is 5.56 Å². The first-order valence-electron chi connectivity index (χ1n) is 9.27. The molecular weight excluding hydrogens is 358 g/mol. The molecule has 0 spiro atoms. The minimum atomic E-state index is -0.150. The summed E-state index contributed by atoms with van der Waals surface area (Å²) in [5.41, 5.74) is 5.67. The number of carbonyl (C=O) groups excluding carboxylic acids is 1. The van der Waals surface area contributed by atoms with Crippen LogP contribution in [0.5, 0.6) is 0 Å². The molecule has 1 amide bonds. The van der Waals surface area contributed by atoms with Crippen molar-refractivity contribution in [2.24, 2.45) is 0 Å². The number of aryl methyl sites for hydroxylation is 1. The van der Waals surface area contributed by atoms with Crippen LogP contribution >= 0.6 is 11.6 Å². The largest absolute Gasteiger partial charge is 0.324 e. The molecule has 0 fully saturated rings. The molecule has 0 radical (unpaired) electrons. The van der Waals surface area contributed by atoms with Crippen LogP contribution in [0.3, 0.4) is 0 Å². The Morgan fingerprint density at radius 2 is 1.78 bits per heavy atom. The first kappa shape index (κ1) is 17.8. The van der Waals surface area contributed by atoms with Gasteiger partial charge >= 0.3 is 0 Å². The van der Waals surface area contributed by atoms with Gasteiger partial charge in [-0.3, -0.25) is 9.89 Å². The molecule has 138 valence electrons. The number of nitrogens with zero attached hydrogens (tertiary/aromatic N) is 2. The summed E-state index contributed by atoms with van der Waals surface area (Å²) >= 11 is 6.04. The predicted molar refractivity (Wildman–Crippen MR) is 108 cm³/mol. The number of aromatic nitrogens is 2. The van der Waals surface area contributed by atoms with E-state index in [1.54, 1.807) is 0 Å². The Hall–Kier alpha value is -2.59. The van der Waals surface area contributed by atoms with Gasteiger partial charge < -0.3 is 4.90 Å². The lowest BCUT2D eigenvalue weighted by Gasteiger charge is -2.30. The van der Waals surface area contributed by atoms with Gasteiger partial charge in [0, 0.05) is 22.2 Å². The van der Waals surface area contributed by atoms with Gasteiger partial charge in [0.1, 0.15) is 5.69 Å². The topological polar surface area (TPSA) is 49.0 Å². The van der Waals surface area contributed by atoms with E-state index in [0.717, 1.165) is 28.8 Å². The van der Waals surface area contributed by atoms with Crippen molar-refractivity contribution in [1.82, 2.24) is 15.1 Å². The molecule has 5 heteroatoms. The Bertz CT molecular complexity index is 974. The number of fused-ring (bicyclic) bond motifs is 1. The molecule has 0 bridgehead atoms. The van der Waals surface area contributed by atoms with Gasteiger partial charge in [0.25, 0.3) is 5.91 Å². The van der Waals surface area contributed by atoms with Crippen molar-refractivity contribution in [2.45, 2.75) is 39.3 Å². The van der Waals surface area contributed by atoms with E-state index in [0.29, 0.717) is 10.7 Å². The second-order valence-electron chi connectivity index (χ2n) is 7.17. The van der Waals surface area contributed by atoms with Crippen LogP contribution in [0.2, 0.25) is 5.02 Å². The van der Waals surface area contributed by atoms with Crippen molar-refractivity contribution in [1.29, 1.82) is 0 Å². The van der Waals surface area contributed by atoms with Crippen molar-refractivity contribution in [2.75, 3.05) is 0 Å². The highest BCUT2D eigenvalue weighted by Gasteiger charge is 2.43. The van der Waals surface area contributed by atoms with Crippen LogP contribution < -0.4 is 0 Å². The molecule has 1 unspecified atom stereocenters. The van der Waals surface area contributed by atoms with E-state index in [2.05, 4.69) is 41.4 Å². The van der Waals surface area contributed by atoms with Crippen molar-refractivity contribution in [3.8, 4) is 11.3 Å². The van der Waals surface area contributed by atoms with Crippen molar-refractivity contribution < 1.29 is 4.79 Å². The highest BCUT2D eigenvalue weighted by atomic mass is 35.5. The minimum absolute atomic E-state index is 0.00252. The number of H-pyrrole nitrogens is 1. The summed E-state index contributed by atoms with van der Waals surface area (Å²) in [6.45, 7) is 6.24. The summed E-state index contributed by atoms with van der Waals surface area (Å²) in [5.74, 6) is -0.00252. The first-order chi connectivity index (χ1) is 13.0. The van der Waals surface area contributed by atoms with Crippen molar-refractivity contribution >= 4 is 17.5 Å². The lowest BCUT2D eigenvalue weighted by atomic mass is 9.95. The molecule has 4 rings (SSSR count). The Balaban J connectivity index is 1.88. The van der Waals surface area contributed by atoms with Gasteiger partial charge in [-0.1, -0.05) is 54.9 Å². The quantitative estimate of drug-likeness (QED) is 0.673. The van der Waals surface area contributed by atoms with Gasteiger partial charge in [0.05, 0.1) is 11.7 Å². The number of aromatic amines is 1. The molecule has 1 N–H and O–H groups in total. The van der Waals surface area contributed by atoms with Crippen molar-refractivity contribution in [3.63, 3.8) is 0 Å². The maximum Gasteiger partial charge on any atom is 0.273 e. The normalized spacial score (nSPS) is 16.3. The Labute approximate surface area is 164 Å². The number of nitrogens with one attached hydrogen (secondary N) is 1. The number of rotatable bonds is 4. The highest BCUT2D eigenvalue weighted by molar-refractivity contribution is 6.30. The fourth-order valence-electron chi connectivity index (χ4n) is 3.79. The average Bonchev–Trinajstić information content (AvgIpc) is 3.22. The van der Waals surface area contributed by atoms with Crippen molar-refractivity contribution in [3.05, 3.63) is 75.9 Å². The van der Waals surface area contributed by atoms with Gasteiger partial charge in [-0.15, -0.1) is 0 Å². The van der Waals surface area contributed by atoms with E-state index >= 15 is 0 Å². The summed E-state index contributed by atoms with van der Waals surface area (Å²) in [6, 6.07) is 16.0. The van der Waals surface area contributed by atoms with E-state index in [-0.39, 0.29) is 18.0 Å². The Morgan fingerprint density at radius 3 is 2.37 bits per heavy atom. The van der Waals surface area contributed by atoms with Crippen LogP contribution in [0.1, 0.15) is 54.0 Å². The fourth-order valence-corrected chi connectivity index (χ4v) is 3.91. The Morgan fingerprint density at radius 1 is 1.11 bits per heavy atom. The highest BCUT2D eigenvalue weighted by Crippen LogP contribution is 2.43. The first-order valence-corrected chi connectivity index (χ1v) is 9.64. The number of halogens is 1. The van der Waals surface area contributed by atoms with Gasteiger partial charge in [0.15, 0.2) is 0 Å². The molecule has 0 saturated heterocycles. The third kappa shape index (κ3) is 2.94. The molecule has 3 aromatic rings. The lowest BCUT2D eigenvalue weighted by molar-refractivity contribution is 0.0688. The molecular formula is C22H22ClN3O. The molecule has 27 heavy (non-hydrogen) atoms. The second-order valence-corrected chi connectivity index (χ2v) is 7.61. The van der Waals surface area contributed by atoms with E-state index in [4.69, 9.17) is 11.6 Å². The van der Waals surface area contributed by atoms with E-state index in [9.17, 15) is 4.79 Å². The molecule has 4 nitrogen and oxygen atoms in total. The average molecular weight is 380 g/mol. The molecule has 1 aliphatic heterocycles. The second kappa shape index (κ2) is 6.86. The van der Waals surface area contributed by atoms with Gasteiger partial charge in [0.2, 0.25) is 0 Å². The maximum atomic E-state index is 13.1. The number of carbonyl (C=O) groups is 1. The van der Waals surface area contributed by atoms with Crippen LogP contribution in [0.25, 0.3) is 11.3 Å². The molecule has 0 saturated carbocycles. The SMILES string of the molecule is CCc1ccc(C2c3c(-c4ccc(Cl)cc4)n[nH]c3C(=O)N2C(C)C)cc1. The number of benzene rings is 2. The van der Waals surface area contributed by atoms with Crippen LogP contribution in [0.15, 0.2) is 48.5 Å². The fraction of sp³-hybridized carbons (Fsp3) is 0.273. The predicted octanol–water partition coefficient (Wildman–Crippen LogP) is 5.25. The molecule has 0 aliphatic carbocycles. The van der Waals surface area contributed by atoms with Crippen LogP contribution in [0.4, 0.5) is 0 Å². The minimum Gasteiger partial charge on any atom is -0.324 e. The summed E-state index contributed by atoms with van der Waals surface area (Å²) < 4.78 is 0. The summed E-state index contributed by atoms with van der Waals surface area (Å²) in [5, 5.41) is 8.14. The smallest absolute Gasteiger partial charge is 0.273 e. The van der Waals surface area contributed by atoms with Gasteiger partial charge in [-0.05, 0) is 43.5 Å². The van der Waals surface area contributed by atoms with Crippen LogP contribution in [-0.2, 0) is 6.42 Å². The molecule has 1 aliphatic rings. The third-order valence-electron chi connectivity index (χ3n) is 5.18. The number of hydrogen-bond acceptors (Lipinski definition) is 2. The van der Waals surface area contributed by atoms with E-state index in [1.807, 2.05) is 43.0 Å². The summed E-state index contributed by atoms with van der Waals surface area (Å²) in [4.78, 5) is 15.0. The maximum absolute atomic E-state index is 13.1. The van der Waals surface area contributed by atoms with Crippen LogP contribution in [-0.4, -0.2) is 27.0 Å². The zero-order valence-electron chi connectivity index (χ0n) is 15.7. The summed E-state index contributed by atoms with van der Waals surface area (Å²) in [6.07, 6.45) is 0.991. The molecule has 1 aromatic heterocycles. The molecule has 2 aromatic carbocycles. The standard InChI is InChI=1S/C22H22ClN3O/c1-4-14-5-7-16(8-6-14)21-18-19(15-9-11-17(23)12-10-15)24-25-20(18)22(27)26(21)13(2)3/h5-13,21H,4H2,1-3H3,(H,24,25). The summed E-state index contributed by atoms with van der Waals surface area (Å²) in [7, 11) is 0.